The van der Waals surface area contributed by atoms with Crippen molar-refractivity contribution in [1.82, 2.24) is 5.32 Å². The summed E-state index contributed by atoms with van der Waals surface area (Å²) in [5.74, 6) is -0.0495. The second-order valence-electron chi connectivity index (χ2n) is 4.58. The average Bonchev–Trinajstić information content (AvgIpc) is 2.28. The van der Waals surface area contributed by atoms with Crippen molar-refractivity contribution in [2.24, 2.45) is 11.7 Å². The van der Waals surface area contributed by atoms with Gasteiger partial charge in [-0.25, -0.2) is 4.39 Å². The van der Waals surface area contributed by atoms with E-state index in [1.807, 2.05) is 13.8 Å². The molecule has 1 rings (SSSR count). The van der Waals surface area contributed by atoms with Crippen LogP contribution in [-0.4, -0.2) is 18.5 Å². The number of amides is 1. The number of rotatable bonds is 5. The molecule has 4 heteroatoms. The van der Waals surface area contributed by atoms with Crippen molar-refractivity contribution in [3.8, 4) is 0 Å². The standard InChI is InChI=1S/C13H19FN2O/c1-9(2)8-16-13(17)12(15)7-10-3-5-11(14)6-4-10/h3-6,9,12H,7-8,15H2,1-2H3,(H,16,17). The molecule has 0 spiro atoms. The van der Waals surface area contributed by atoms with Crippen LogP contribution < -0.4 is 11.1 Å². The van der Waals surface area contributed by atoms with Crippen molar-refractivity contribution in [2.45, 2.75) is 26.3 Å². The molecule has 0 aromatic heterocycles. The van der Waals surface area contributed by atoms with Crippen molar-refractivity contribution in [1.29, 1.82) is 0 Å². The predicted molar refractivity (Wildman–Crippen MR) is 65.9 cm³/mol. The monoisotopic (exact) mass is 238 g/mol. The van der Waals surface area contributed by atoms with Gasteiger partial charge in [-0.2, -0.15) is 0 Å². The SMILES string of the molecule is CC(C)CNC(=O)C(N)Cc1ccc(F)cc1. The van der Waals surface area contributed by atoms with Crippen molar-refractivity contribution < 1.29 is 9.18 Å². The van der Waals surface area contributed by atoms with Gasteiger partial charge in [0.05, 0.1) is 6.04 Å². The van der Waals surface area contributed by atoms with Crippen LogP contribution in [0.2, 0.25) is 0 Å². The Bertz CT molecular complexity index is 362. The van der Waals surface area contributed by atoms with Crippen molar-refractivity contribution in [2.75, 3.05) is 6.54 Å². The largest absolute Gasteiger partial charge is 0.354 e. The lowest BCUT2D eigenvalue weighted by Gasteiger charge is -2.13. The highest BCUT2D eigenvalue weighted by atomic mass is 19.1. The van der Waals surface area contributed by atoms with Gasteiger partial charge in [0.15, 0.2) is 0 Å². The highest BCUT2D eigenvalue weighted by molar-refractivity contribution is 5.81. The van der Waals surface area contributed by atoms with Gasteiger partial charge in [-0.1, -0.05) is 26.0 Å². The summed E-state index contributed by atoms with van der Waals surface area (Å²) in [6, 6.07) is 5.44. The van der Waals surface area contributed by atoms with Crippen molar-refractivity contribution in [3.05, 3.63) is 35.6 Å². The molecular weight excluding hydrogens is 219 g/mol. The molecule has 0 aliphatic rings. The smallest absolute Gasteiger partial charge is 0.237 e. The lowest BCUT2D eigenvalue weighted by atomic mass is 10.1. The Kier molecular flexibility index (Phi) is 5.10. The van der Waals surface area contributed by atoms with Gasteiger partial charge in [-0.3, -0.25) is 4.79 Å². The Morgan fingerprint density at radius 2 is 1.94 bits per heavy atom. The van der Waals surface area contributed by atoms with Crippen molar-refractivity contribution in [3.63, 3.8) is 0 Å². The summed E-state index contributed by atoms with van der Waals surface area (Å²) in [4.78, 5) is 11.6. The minimum Gasteiger partial charge on any atom is -0.354 e. The van der Waals surface area contributed by atoms with Gasteiger partial charge in [0.25, 0.3) is 0 Å². The highest BCUT2D eigenvalue weighted by Crippen LogP contribution is 2.05. The zero-order chi connectivity index (χ0) is 12.8. The first kappa shape index (κ1) is 13.6. The predicted octanol–water partition coefficient (Wildman–Crippen LogP) is 1.47. The van der Waals surface area contributed by atoms with Crippen LogP contribution in [0.25, 0.3) is 0 Å². The minimum atomic E-state index is -0.584. The van der Waals surface area contributed by atoms with Crippen LogP contribution in [-0.2, 0) is 11.2 Å². The molecule has 0 radical (unpaired) electrons. The molecule has 1 aromatic carbocycles. The lowest BCUT2D eigenvalue weighted by Crippen LogP contribution is -2.43. The molecule has 0 aliphatic carbocycles. The fourth-order valence-corrected chi connectivity index (χ4v) is 1.40. The van der Waals surface area contributed by atoms with Crippen LogP contribution in [0.4, 0.5) is 4.39 Å². The van der Waals surface area contributed by atoms with E-state index in [0.29, 0.717) is 18.9 Å². The van der Waals surface area contributed by atoms with Crippen LogP contribution >= 0.6 is 0 Å². The Labute approximate surface area is 101 Å². The van der Waals surface area contributed by atoms with Crippen molar-refractivity contribution >= 4 is 5.91 Å². The number of carbonyl (C=O) groups is 1. The van der Waals surface area contributed by atoms with Gasteiger partial charge in [-0.15, -0.1) is 0 Å². The number of nitrogens with two attached hydrogens (primary N) is 1. The van der Waals surface area contributed by atoms with E-state index in [1.165, 1.54) is 12.1 Å². The summed E-state index contributed by atoms with van der Waals surface area (Å²) >= 11 is 0. The number of halogens is 1. The number of benzene rings is 1. The highest BCUT2D eigenvalue weighted by Gasteiger charge is 2.13. The molecule has 3 nitrogen and oxygen atoms in total. The van der Waals surface area contributed by atoms with Gasteiger partial charge in [-0.05, 0) is 30.0 Å². The summed E-state index contributed by atoms with van der Waals surface area (Å²) in [6.07, 6.45) is 0.421. The Hall–Kier alpha value is -1.42. The van der Waals surface area contributed by atoms with E-state index in [0.717, 1.165) is 5.56 Å². The average molecular weight is 238 g/mol. The molecule has 3 N–H and O–H groups in total. The zero-order valence-corrected chi connectivity index (χ0v) is 10.2. The zero-order valence-electron chi connectivity index (χ0n) is 10.2. The third-order valence-corrected chi connectivity index (χ3v) is 2.39. The summed E-state index contributed by atoms with van der Waals surface area (Å²) in [7, 11) is 0. The van der Waals surface area contributed by atoms with Crippen LogP contribution in [0, 0.1) is 11.7 Å². The van der Waals surface area contributed by atoms with E-state index in [9.17, 15) is 9.18 Å². The first-order valence-corrected chi connectivity index (χ1v) is 5.76. The first-order valence-electron chi connectivity index (χ1n) is 5.76. The molecule has 1 amide bonds. The molecule has 0 bridgehead atoms. The van der Waals surface area contributed by atoms with Crippen LogP contribution in [0.1, 0.15) is 19.4 Å². The third-order valence-electron chi connectivity index (χ3n) is 2.39. The second-order valence-corrected chi connectivity index (χ2v) is 4.58. The van der Waals surface area contributed by atoms with Crippen LogP contribution in [0.15, 0.2) is 24.3 Å². The molecule has 1 atom stereocenters. The second kappa shape index (κ2) is 6.35. The molecular formula is C13H19FN2O. The molecule has 17 heavy (non-hydrogen) atoms. The number of hydrogen-bond acceptors (Lipinski definition) is 2. The number of hydrogen-bond donors (Lipinski definition) is 2. The van der Waals surface area contributed by atoms with Gasteiger partial charge >= 0.3 is 0 Å². The summed E-state index contributed by atoms with van der Waals surface area (Å²) < 4.78 is 12.7. The Morgan fingerprint density at radius 1 is 1.35 bits per heavy atom. The van der Waals surface area contributed by atoms with E-state index in [-0.39, 0.29) is 11.7 Å². The van der Waals surface area contributed by atoms with Crippen LogP contribution in [0.3, 0.4) is 0 Å². The molecule has 0 heterocycles. The van der Waals surface area contributed by atoms with E-state index in [4.69, 9.17) is 5.73 Å². The maximum absolute atomic E-state index is 12.7. The van der Waals surface area contributed by atoms with E-state index in [1.54, 1.807) is 12.1 Å². The Morgan fingerprint density at radius 3 is 2.47 bits per heavy atom. The summed E-state index contributed by atoms with van der Waals surface area (Å²) in [6.45, 7) is 4.66. The molecule has 0 aliphatic heterocycles. The fourth-order valence-electron chi connectivity index (χ4n) is 1.40. The number of carbonyl (C=O) groups excluding carboxylic acids is 1. The van der Waals surface area contributed by atoms with Gasteiger partial charge < -0.3 is 11.1 Å². The normalized spacial score (nSPS) is 12.5. The van der Waals surface area contributed by atoms with E-state index >= 15 is 0 Å². The quantitative estimate of drug-likeness (QED) is 0.816. The Balaban J connectivity index is 2.45. The number of nitrogens with one attached hydrogen (secondary N) is 1. The summed E-state index contributed by atoms with van der Waals surface area (Å²) in [5, 5.41) is 2.78. The minimum absolute atomic E-state index is 0.164. The molecule has 0 saturated carbocycles. The first-order chi connectivity index (χ1) is 7.99. The van der Waals surface area contributed by atoms with E-state index in [2.05, 4.69) is 5.32 Å². The van der Waals surface area contributed by atoms with Gasteiger partial charge in [0, 0.05) is 6.54 Å². The summed E-state index contributed by atoms with van der Waals surface area (Å²) in [5.41, 5.74) is 6.63. The lowest BCUT2D eigenvalue weighted by molar-refractivity contribution is -0.122. The van der Waals surface area contributed by atoms with Gasteiger partial charge in [0.1, 0.15) is 5.82 Å². The molecule has 1 aromatic rings. The molecule has 0 fully saturated rings. The van der Waals surface area contributed by atoms with E-state index < -0.39 is 6.04 Å². The molecule has 1 unspecified atom stereocenters. The van der Waals surface area contributed by atoms with Crippen LogP contribution in [0.5, 0.6) is 0 Å². The fraction of sp³-hybridized carbons (Fsp3) is 0.462. The molecule has 0 saturated heterocycles. The van der Waals surface area contributed by atoms with Gasteiger partial charge in [0.2, 0.25) is 5.91 Å². The topological polar surface area (TPSA) is 55.1 Å². The maximum atomic E-state index is 12.7. The molecule has 94 valence electrons. The maximum Gasteiger partial charge on any atom is 0.237 e. The third kappa shape index (κ3) is 4.95.